The zero-order valence-electron chi connectivity index (χ0n) is 16.0. The Morgan fingerprint density at radius 1 is 0.704 bits per heavy atom. The number of hydrogen-bond donors (Lipinski definition) is 0. The Hall–Kier alpha value is 0.190. The van der Waals surface area contributed by atoms with Crippen molar-refractivity contribution in [1.82, 2.24) is 0 Å². The van der Waals surface area contributed by atoms with Gasteiger partial charge in [0.1, 0.15) is 24.7 Å². The van der Waals surface area contributed by atoms with Gasteiger partial charge in [0.25, 0.3) is 0 Å². The third-order valence-electron chi connectivity index (χ3n) is 7.64. The number of allylic oxidation sites excluding steroid dienone is 1. The van der Waals surface area contributed by atoms with Crippen LogP contribution >= 0.6 is 22.6 Å². The molecule has 0 N–H and O–H groups in total. The molecule has 5 heteroatoms. The lowest BCUT2D eigenvalue weighted by Crippen LogP contribution is -2.44. The molecular weight excluding hydrogens is 467 g/mol. The van der Waals surface area contributed by atoms with Gasteiger partial charge in [-0.3, -0.25) is 0 Å². The van der Waals surface area contributed by atoms with Gasteiger partial charge in [0.15, 0.2) is 0 Å². The molecule has 0 heterocycles. The normalized spacial score (nSPS) is 48.9. The Balaban J connectivity index is 1.51. The monoisotopic (exact) mass is 500 g/mol. The molecule has 8 atom stereocenters. The maximum absolute atomic E-state index is 14.8. The average molecular weight is 500 g/mol. The Morgan fingerprint density at radius 3 is 1.78 bits per heavy atom. The van der Waals surface area contributed by atoms with E-state index in [2.05, 4.69) is 6.58 Å². The SMILES string of the molecule is C=CCCC1CCC(C2CCC(C3CCC(I)C(F)C3F)CC2)C(F)C1F. The van der Waals surface area contributed by atoms with Crippen LogP contribution < -0.4 is 0 Å². The molecule has 0 amide bonds. The standard InChI is InChI=1S/C22H33F4I/c1-2-3-4-15-9-10-16(20(24)19(15)23)13-5-7-14(8-6-13)17-11-12-18(27)22(26)21(17)25/h2,13-22H,1,3-12H2. The van der Waals surface area contributed by atoms with Crippen LogP contribution in [0.2, 0.25) is 0 Å². The van der Waals surface area contributed by atoms with Crippen LogP contribution in [0.1, 0.15) is 64.2 Å². The highest BCUT2D eigenvalue weighted by Gasteiger charge is 2.46. The molecule has 3 rings (SSSR count). The van der Waals surface area contributed by atoms with Gasteiger partial charge < -0.3 is 0 Å². The largest absolute Gasteiger partial charge is 0.244 e. The molecule has 3 aliphatic rings. The second-order valence-corrected chi connectivity index (χ2v) is 10.7. The molecule has 0 spiro atoms. The fourth-order valence-electron chi connectivity index (χ4n) is 5.96. The van der Waals surface area contributed by atoms with E-state index in [1.54, 1.807) is 6.08 Å². The lowest BCUT2D eigenvalue weighted by Gasteiger charge is -2.44. The molecule has 0 aromatic rings. The van der Waals surface area contributed by atoms with Crippen LogP contribution in [0.25, 0.3) is 0 Å². The van der Waals surface area contributed by atoms with E-state index >= 15 is 0 Å². The molecule has 0 aromatic carbocycles. The van der Waals surface area contributed by atoms with Crippen molar-refractivity contribution >= 4 is 22.6 Å². The summed E-state index contributed by atoms with van der Waals surface area (Å²) in [7, 11) is 0. The first kappa shape index (κ1) is 21.9. The topological polar surface area (TPSA) is 0 Å². The van der Waals surface area contributed by atoms with Gasteiger partial charge in [0, 0.05) is 3.92 Å². The number of hydrogen-bond acceptors (Lipinski definition) is 0. The molecule has 27 heavy (non-hydrogen) atoms. The van der Waals surface area contributed by atoms with Gasteiger partial charge in [-0.2, -0.15) is 0 Å². The highest BCUT2D eigenvalue weighted by atomic mass is 127. The van der Waals surface area contributed by atoms with Gasteiger partial charge in [-0.15, -0.1) is 6.58 Å². The molecule has 0 nitrogen and oxygen atoms in total. The van der Waals surface area contributed by atoms with Crippen molar-refractivity contribution in [2.24, 2.45) is 29.6 Å². The van der Waals surface area contributed by atoms with E-state index < -0.39 is 24.7 Å². The van der Waals surface area contributed by atoms with E-state index in [4.69, 9.17) is 0 Å². The Morgan fingerprint density at radius 2 is 1.22 bits per heavy atom. The van der Waals surface area contributed by atoms with Crippen LogP contribution in [0, 0.1) is 29.6 Å². The van der Waals surface area contributed by atoms with Crippen LogP contribution in [-0.4, -0.2) is 28.6 Å². The summed E-state index contributed by atoms with van der Waals surface area (Å²) in [5, 5.41) is 0. The molecule has 3 fully saturated rings. The van der Waals surface area contributed by atoms with E-state index in [1.165, 1.54) is 0 Å². The maximum Gasteiger partial charge on any atom is 0.143 e. The van der Waals surface area contributed by atoms with Gasteiger partial charge in [0.2, 0.25) is 0 Å². The summed E-state index contributed by atoms with van der Waals surface area (Å²) in [6.07, 6.45) is 4.17. The van der Waals surface area contributed by atoms with Crippen molar-refractivity contribution in [3.8, 4) is 0 Å². The maximum atomic E-state index is 14.8. The van der Waals surface area contributed by atoms with E-state index in [1.807, 2.05) is 22.6 Å². The lowest BCUT2D eigenvalue weighted by molar-refractivity contribution is -0.0235. The van der Waals surface area contributed by atoms with Gasteiger partial charge in [-0.05, 0) is 93.8 Å². The Labute approximate surface area is 175 Å². The minimum atomic E-state index is -1.37. The van der Waals surface area contributed by atoms with Crippen molar-refractivity contribution in [2.75, 3.05) is 0 Å². The first-order valence-electron chi connectivity index (χ1n) is 10.7. The van der Waals surface area contributed by atoms with Crippen molar-refractivity contribution in [3.63, 3.8) is 0 Å². The van der Waals surface area contributed by atoms with E-state index in [9.17, 15) is 17.6 Å². The van der Waals surface area contributed by atoms with Gasteiger partial charge in [-0.1, -0.05) is 28.7 Å². The second-order valence-electron chi connectivity index (χ2n) is 9.08. The summed E-state index contributed by atoms with van der Waals surface area (Å²) in [6.45, 7) is 3.67. The Kier molecular flexibility index (Phi) is 7.94. The fourth-order valence-corrected chi connectivity index (χ4v) is 6.71. The van der Waals surface area contributed by atoms with Gasteiger partial charge in [0.05, 0.1) is 0 Å². The Bertz CT molecular complexity index is 479. The zero-order valence-corrected chi connectivity index (χ0v) is 18.2. The van der Waals surface area contributed by atoms with Crippen LogP contribution in [0.5, 0.6) is 0 Å². The van der Waals surface area contributed by atoms with Crippen molar-refractivity contribution in [2.45, 2.75) is 92.8 Å². The third kappa shape index (κ3) is 4.85. The summed E-state index contributed by atoms with van der Waals surface area (Å²) >= 11 is 2.03. The third-order valence-corrected chi connectivity index (χ3v) is 8.95. The number of alkyl halides is 5. The minimum absolute atomic E-state index is 0.178. The summed E-state index contributed by atoms with van der Waals surface area (Å²) in [4.78, 5) is 0. The van der Waals surface area contributed by atoms with Crippen molar-refractivity contribution < 1.29 is 17.6 Å². The number of rotatable bonds is 5. The molecule has 0 aromatic heterocycles. The van der Waals surface area contributed by atoms with Crippen LogP contribution in [-0.2, 0) is 0 Å². The molecule has 8 unspecified atom stereocenters. The summed E-state index contributed by atoms with van der Waals surface area (Å²) < 4.78 is 57.7. The molecule has 0 saturated heterocycles. The molecule has 3 aliphatic carbocycles. The quantitative estimate of drug-likeness (QED) is 0.160. The van der Waals surface area contributed by atoms with E-state index in [0.29, 0.717) is 6.42 Å². The second kappa shape index (κ2) is 9.80. The number of halogens is 5. The molecule has 0 bridgehead atoms. The van der Waals surface area contributed by atoms with Crippen LogP contribution in [0.15, 0.2) is 12.7 Å². The van der Waals surface area contributed by atoms with Gasteiger partial charge in [-0.25, -0.2) is 17.6 Å². The van der Waals surface area contributed by atoms with Crippen molar-refractivity contribution in [3.05, 3.63) is 12.7 Å². The van der Waals surface area contributed by atoms with E-state index in [0.717, 1.165) is 57.8 Å². The van der Waals surface area contributed by atoms with E-state index in [-0.39, 0.29) is 33.5 Å². The van der Waals surface area contributed by atoms with Crippen molar-refractivity contribution in [1.29, 1.82) is 0 Å². The zero-order chi connectivity index (χ0) is 19.6. The predicted octanol–water partition coefficient (Wildman–Crippen LogP) is 7.35. The predicted molar refractivity (Wildman–Crippen MR) is 111 cm³/mol. The lowest BCUT2D eigenvalue weighted by atomic mass is 9.64. The first-order chi connectivity index (χ1) is 12.9. The molecule has 0 radical (unpaired) electrons. The van der Waals surface area contributed by atoms with Crippen LogP contribution in [0.4, 0.5) is 17.6 Å². The highest BCUT2D eigenvalue weighted by Crippen LogP contribution is 2.48. The highest BCUT2D eigenvalue weighted by molar-refractivity contribution is 14.1. The smallest absolute Gasteiger partial charge is 0.143 e. The minimum Gasteiger partial charge on any atom is -0.244 e. The fraction of sp³-hybridized carbons (Fsp3) is 0.909. The molecule has 3 saturated carbocycles. The summed E-state index contributed by atoms with van der Waals surface area (Å²) in [6, 6.07) is 0. The van der Waals surface area contributed by atoms with Gasteiger partial charge >= 0.3 is 0 Å². The molecular formula is C22H33F4I. The molecule has 0 aliphatic heterocycles. The average Bonchev–Trinajstić information content (AvgIpc) is 2.68. The molecule has 156 valence electrons. The van der Waals surface area contributed by atoms with Crippen LogP contribution in [0.3, 0.4) is 0 Å². The first-order valence-corrected chi connectivity index (χ1v) is 12.0. The summed E-state index contributed by atoms with van der Waals surface area (Å²) in [5.41, 5.74) is 0. The summed E-state index contributed by atoms with van der Waals surface area (Å²) in [5.74, 6) is -0.141.